The molecule has 0 radical (unpaired) electrons. The summed E-state index contributed by atoms with van der Waals surface area (Å²) in [7, 11) is 0. The molecule has 0 fully saturated rings. The van der Waals surface area contributed by atoms with Crippen LogP contribution in [0.25, 0.3) is 16.9 Å². The minimum Gasteiger partial charge on any atom is -0.360 e. The topological polar surface area (TPSA) is 55.1 Å². The first kappa shape index (κ1) is 17.0. The van der Waals surface area contributed by atoms with E-state index in [1.165, 1.54) is 6.92 Å². The van der Waals surface area contributed by atoms with Crippen molar-refractivity contribution in [3.05, 3.63) is 41.6 Å². The number of alkyl halides is 3. The van der Waals surface area contributed by atoms with Gasteiger partial charge in [-0.25, -0.2) is 18.2 Å². The molecular formula is C14H9F6N5. The molecule has 0 saturated heterocycles. The largest absolute Gasteiger partial charge is 0.405 e. The van der Waals surface area contributed by atoms with Crippen LogP contribution in [0.2, 0.25) is 0 Å². The monoisotopic (exact) mass is 361 g/mol. The van der Waals surface area contributed by atoms with E-state index >= 15 is 0 Å². The van der Waals surface area contributed by atoms with Gasteiger partial charge in [0.2, 0.25) is 0 Å². The molecule has 3 rings (SSSR count). The van der Waals surface area contributed by atoms with Gasteiger partial charge in [-0.15, -0.1) is 0 Å². The zero-order chi connectivity index (χ0) is 18.4. The molecule has 0 aliphatic carbocycles. The first-order valence-corrected chi connectivity index (χ1v) is 6.83. The minimum atomic E-state index is -4.60. The molecule has 0 spiro atoms. The van der Waals surface area contributed by atoms with Crippen LogP contribution in [0.1, 0.15) is 5.69 Å². The SMILES string of the molecule is Cc1nc2ncnn2c(NCC(F)(F)F)c1-c1c(F)cc(F)cc1F. The highest BCUT2D eigenvalue weighted by Gasteiger charge is 2.29. The van der Waals surface area contributed by atoms with Gasteiger partial charge in [-0.05, 0) is 6.92 Å². The van der Waals surface area contributed by atoms with Gasteiger partial charge in [-0.1, -0.05) is 0 Å². The van der Waals surface area contributed by atoms with Crippen molar-refractivity contribution in [2.75, 3.05) is 11.9 Å². The summed E-state index contributed by atoms with van der Waals surface area (Å²) < 4.78 is 80.1. The molecule has 11 heteroatoms. The summed E-state index contributed by atoms with van der Waals surface area (Å²) in [5.41, 5.74) is -1.03. The maximum Gasteiger partial charge on any atom is 0.405 e. The Hall–Kier alpha value is -2.85. The molecule has 0 aliphatic rings. The van der Waals surface area contributed by atoms with Crippen LogP contribution < -0.4 is 5.32 Å². The number of aryl methyl sites for hydroxylation is 1. The first-order chi connectivity index (χ1) is 11.7. The van der Waals surface area contributed by atoms with E-state index in [2.05, 4.69) is 20.4 Å². The Morgan fingerprint density at radius 2 is 1.72 bits per heavy atom. The lowest BCUT2D eigenvalue weighted by atomic mass is 10.0. The number of aromatic nitrogens is 4. The summed E-state index contributed by atoms with van der Waals surface area (Å²) in [5.74, 6) is -4.14. The summed E-state index contributed by atoms with van der Waals surface area (Å²) in [6.07, 6.45) is -3.57. The van der Waals surface area contributed by atoms with Gasteiger partial charge in [0, 0.05) is 12.1 Å². The van der Waals surface area contributed by atoms with E-state index in [1.54, 1.807) is 0 Å². The maximum atomic E-state index is 14.2. The molecular weight excluding hydrogens is 352 g/mol. The smallest absolute Gasteiger partial charge is 0.360 e. The summed E-state index contributed by atoms with van der Waals surface area (Å²) in [5, 5.41) is 5.78. The highest BCUT2D eigenvalue weighted by molar-refractivity contribution is 5.79. The van der Waals surface area contributed by atoms with Crippen molar-refractivity contribution in [1.29, 1.82) is 0 Å². The van der Waals surface area contributed by atoms with Crippen LogP contribution in [0.4, 0.5) is 32.2 Å². The van der Waals surface area contributed by atoms with Gasteiger partial charge in [0.25, 0.3) is 5.78 Å². The molecule has 2 aromatic heterocycles. The third-order valence-corrected chi connectivity index (χ3v) is 3.32. The second kappa shape index (κ2) is 5.90. The van der Waals surface area contributed by atoms with E-state index in [-0.39, 0.29) is 22.9 Å². The van der Waals surface area contributed by atoms with Crippen molar-refractivity contribution < 1.29 is 26.3 Å². The molecule has 5 nitrogen and oxygen atoms in total. The van der Waals surface area contributed by atoms with E-state index in [4.69, 9.17) is 0 Å². The summed E-state index contributed by atoms with van der Waals surface area (Å²) in [6.45, 7) is -0.145. The van der Waals surface area contributed by atoms with Crippen molar-refractivity contribution in [2.45, 2.75) is 13.1 Å². The number of nitrogens with one attached hydrogen (secondary N) is 1. The second-order valence-corrected chi connectivity index (χ2v) is 5.11. The van der Waals surface area contributed by atoms with Crippen molar-refractivity contribution in [1.82, 2.24) is 19.6 Å². The van der Waals surface area contributed by atoms with Crippen LogP contribution in [-0.4, -0.2) is 32.3 Å². The number of anilines is 1. The lowest BCUT2D eigenvalue weighted by Crippen LogP contribution is -2.23. The highest BCUT2D eigenvalue weighted by Crippen LogP contribution is 2.35. The van der Waals surface area contributed by atoms with E-state index in [0.29, 0.717) is 12.1 Å². The summed E-state index contributed by atoms with van der Waals surface area (Å²) in [4.78, 5) is 7.71. The van der Waals surface area contributed by atoms with Crippen LogP contribution in [-0.2, 0) is 0 Å². The standard InChI is InChI=1S/C14H9F6N5/c1-6-10(11-8(16)2-7(15)3-9(11)17)12(21-4-14(18,19)20)25-13(24-6)22-5-23-25/h2-3,5,21H,4H2,1H3. The Morgan fingerprint density at radius 3 is 2.32 bits per heavy atom. The number of benzene rings is 1. The third-order valence-electron chi connectivity index (χ3n) is 3.32. The van der Waals surface area contributed by atoms with Crippen molar-refractivity contribution in [3.8, 4) is 11.1 Å². The fraction of sp³-hybridized carbons (Fsp3) is 0.214. The average Bonchev–Trinajstić information content (AvgIpc) is 2.92. The molecule has 1 aromatic carbocycles. The minimum absolute atomic E-state index is 0.00502. The fourth-order valence-corrected chi connectivity index (χ4v) is 2.38. The highest BCUT2D eigenvalue weighted by atomic mass is 19.4. The van der Waals surface area contributed by atoms with Crippen molar-refractivity contribution in [2.24, 2.45) is 0 Å². The lowest BCUT2D eigenvalue weighted by molar-refractivity contribution is -0.115. The van der Waals surface area contributed by atoms with Gasteiger partial charge in [0.15, 0.2) is 0 Å². The average molecular weight is 361 g/mol. The predicted molar refractivity (Wildman–Crippen MR) is 75.4 cm³/mol. The molecule has 1 N–H and O–H groups in total. The zero-order valence-corrected chi connectivity index (χ0v) is 12.5. The molecule has 0 unspecified atom stereocenters. The Kier molecular flexibility index (Phi) is 4.01. The fourth-order valence-electron chi connectivity index (χ4n) is 2.38. The Balaban J connectivity index is 2.29. The van der Waals surface area contributed by atoms with Gasteiger partial charge >= 0.3 is 6.18 Å². The maximum absolute atomic E-state index is 14.2. The van der Waals surface area contributed by atoms with Crippen LogP contribution in [0.5, 0.6) is 0 Å². The number of nitrogens with zero attached hydrogens (tertiary/aromatic N) is 4. The second-order valence-electron chi connectivity index (χ2n) is 5.11. The van der Waals surface area contributed by atoms with Crippen molar-refractivity contribution >= 4 is 11.6 Å². The van der Waals surface area contributed by atoms with Crippen LogP contribution in [0.3, 0.4) is 0 Å². The number of rotatable bonds is 3. The molecule has 132 valence electrons. The van der Waals surface area contributed by atoms with Gasteiger partial charge in [-0.3, -0.25) is 0 Å². The van der Waals surface area contributed by atoms with E-state index in [9.17, 15) is 26.3 Å². The third kappa shape index (κ3) is 3.21. The van der Waals surface area contributed by atoms with E-state index < -0.39 is 35.7 Å². The van der Waals surface area contributed by atoms with Crippen LogP contribution >= 0.6 is 0 Å². The Morgan fingerprint density at radius 1 is 1.08 bits per heavy atom. The van der Waals surface area contributed by atoms with Gasteiger partial charge in [0.1, 0.15) is 36.1 Å². The Bertz CT molecular complexity index is 926. The number of fused-ring (bicyclic) bond motifs is 1. The van der Waals surface area contributed by atoms with Crippen LogP contribution in [0.15, 0.2) is 18.5 Å². The molecule has 3 aromatic rings. The number of halogens is 6. The van der Waals surface area contributed by atoms with Gasteiger partial charge in [-0.2, -0.15) is 27.8 Å². The quantitative estimate of drug-likeness (QED) is 0.726. The molecule has 0 atom stereocenters. The van der Waals surface area contributed by atoms with Gasteiger partial charge in [0.05, 0.1) is 16.8 Å². The number of hydrogen-bond acceptors (Lipinski definition) is 4. The predicted octanol–water partition coefficient (Wildman–Crippen LogP) is 3.49. The van der Waals surface area contributed by atoms with E-state index in [1.807, 2.05) is 0 Å². The lowest BCUT2D eigenvalue weighted by Gasteiger charge is -2.17. The van der Waals surface area contributed by atoms with Crippen molar-refractivity contribution in [3.63, 3.8) is 0 Å². The summed E-state index contributed by atoms with van der Waals surface area (Å²) >= 11 is 0. The first-order valence-electron chi connectivity index (χ1n) is 6.83. The Labute approximate surface area is 136 Å². The molecule has 0 saturated carbocycles. The molecule has 25 heavy (non-hydrogen) atoms. The van der Waals surface area contributed by atoms with Crippen LogP contribution in [0, 0.1) is 24.4 Å². The van der Waals surface area contributed by atoms with E-state index in [0.717, 1.165) is 10.8 Å². The normalized spacial score (nSPS) is 12.0. The molecule has 0 aliphatic heterocycles. The number of hydrogen-bond donors (Lipinski definition) is 1. The molecule has 2 heterocycles. The molecule has 0 amide bonds. The van der Waals surface area contributed by atoms with Gasteiger partial charge < -0.3 is 5.32 Å². The molecule has 0 bridgehead atoms. The zero-order valence-electron chi connectivity index (χ0n) is 12.5. The summed E-state index contributed by atoms with van der Waals surface area (Å²) in [6, 6.07) is 0.855.